The molecule has 68 valence electrons. The number of carboxylic acids is 1. The van der Waals surface area contributed by atoms with Gasteiger partial charge in [0.1, 0.15) is 0 Å². The molecule has 1 aromatic carbocycles. The summed E-state index contributed by atoms with van der Waals surface area (Å²) < 4.78 is 0. The lowest BCUT2D eigenvalue weighted by molar-refractivity contribution is -0.142. The number of carbonyl (C=O) groups is 1. The minimum absolute atomic E-state index is 0.214. The number of rotatable bonds is 2. The Hall–Kier alpha value is -1.31. The molecule has 2 atom stereocenters. The van der Waals surface area contributed by atoms with Gasteiger partial charge in [0.25, 0.3) is 0 Å². The first-order valence-corrected chi connectivity index (χ1v) is 4.43. The van der Waals surface area contributed by atoms with Crippen molar-refractivity contribution in [3.8, 4) is 0 Å². The van der Waals surface area contributed by atoms with Crippen LogP contribution in [0.25, 0.3) is 0 Å². The molecule has 0 saturated heterocycles. The van der Waals surface area contributed by atoms with Crippen LogP contribution in [0.4, 0.5) is 0 Å². The van der Waals surface area contributed by atoms with E-state index in [1.807, 2.05) is 37.3 Å². The molecule has 0 bridgehead atoms. The third-order valence-corrected chi connectivity index (χ3v) is 2.93. The molecule has 0 unspecified atom stereocenters. The Morgan fingerprint density at radius 1 is 1.46 bits per heavy atom. The van der Waals surface area contributed by atoms with E-state index in [2.05, 4.69) is 0 Å². The Morgan fingerprint density at radius 3 is 2.54 bits per heavy atom. The van der Waals surface area contributed by atoms with E-state index in [0.29, 0.717) is 0 Å². The highest BCUT2D eigenvalue weighted by Crippen LogP contribution is 2.58. The summed E-state index contributed by atoms with van der Waals surface area (Å²) in [6, 6.07) is 9.85. The topological polar surface area (TPSA) is 37.3 Å². The molecule has 0 spiro atoms. The van der Waals surface area contributed by atoms with Gasteiger partial charge < -0.3 is 5.11 Å². The maximum atomic E-state index is 10.9. The molecular formula is C11H12O2. The van der Waals surface area contributed by atoms with E-state index in [1.54, 1.807) is 0 Å². The van der Waals surface area contributed by atoms with Crippen molar-refractivity contribution in [2.45, 2.75) is 19.3 Å². The van der Waals surface area contributed by atoms with Crippen molar-refractivity contribution < 1.29 is 9.90 Å². The van der Waals surface area contributed by atoms with Crippen molar-refractivity contribution in [2.75, 3.05) is 0 Å². The largest absolute Gasteiger partial charge is 0.481 e. The van der Waals surface area contributed by atoms with E-state index in [-0.39, 0.29) is 5.92 Å². The van der Waals surface area contributed by atoms with Gasteiger partial charge in [0, 0.05) is 5.92 Å². The minimum Gasteiger partial charge on any atom is -0.481 e. The molecule has 1 N–H and O–H groups in total. The number of hydrogen-bond donors (Lipinski definition) is 1. The zero-order valence-electron chi connectivity index (χ0n) is 7.53. The van der Waals surface area contributed by atoms with Gasteiger partial charge in [-0.25, -0.2) is 0 Å². The number of hydrogen-bond acceptors (Lipinski definition) is 1. The van der Waals surface area contributed by atoms with Crippen LogP contribution in [0, 0.1) is 5.41 Å². The average Bonchev–Trinajstić information content (AvgIpc) is 2.81. The third-order valence-electron chi connectivity index (χ3n) is 2.93. The molecule has 1 saturated carbocycles. The summed E-state index contributed by atoms with van der Waals surface area (Å²) in [5, 5.41) is 8.94. The zero-order valence-corrected chi connectivity index (χ0v) is 7.53. The second-order valence-corrected chi connectivity index (χ2v) is 3.89. The van der Waals surface area contributed by atoms with Gasteiger partial charge in [-0.05, 0) is 18.9 Å². The quantitative estimate of drug-likeness (QED) is 0.750. The van der Waals surface area contributed by atoms with Crippen molar-refractivity contribution in [1.82, 2.24) is 0 Å². The fourth-order valence-electron chi connectivity index (χ4n) is 1.77. The van der Waals surface area contributed by atoms with Crippen molar-refractivity contribution in [3.63, 3.8) is 0 Å². The summed E-state index contributed by atoms with van der Waals surface area (Å²) in [6.45, 7) is 1.81. The van der Waals surface area contributed by atoms with Crippen molar-refractivity contribution >= 4 is 5.97 Å². The van der Waals surface area contributed by atoms with E-state index in [0.717, 1.165) is 12.0 Å². The molecule has 1 aromatic rings. The predicted octanol–water partition coefficient (Wildman–Crippen LogP) is 2.26. The van der Waals surface area contributed by atoms with Gasteiger partial charge in [-0.1, -0.05) is 30.3 Å². The maximum absolute atomic E-state index is 10.9. The Kier molecular flexibility index (Phi) is 1.65. The summed E-state index contributed by atoms with van der Waals surface area (Å²) in [4.78, 5) is 10.9. The first-order valence-electron chi connectivity index (χ1n) is 4.43. The van der Waals surface area contributed by atoms with Gasteiger partial charge in [-0.3, -0.25) is 4.79 Å². The lowest BCUT2D eigenvalue weighted by Crippen LogP contribution is -2.12. The molecule has 0 amide bonds. The van der Waals surface area contributed by atoms with Gasteiger partial charge in [0.15, 0.2) is 0 Å². The molecule has 1 fully saturated rings. The first-order chi connectivity index (χ1) is 6.14. The summed E-state index contributed by atoms with van der Waals surface area (Å²) in [5.74, 6) is -0.465. The Labute approximate surface area is 77.2 Å². The molecule has 2 rings (SSSR count). The molecule has 2 heteroatoms. The number of aliphatic carboxylic acids is 1. The maximum Gasteiger partial charge on any atom is 0.309 e. The predicted molar refractivity (Wildman–Crippen MR) is 49.5 cm³/mol. The van der Waals surface area contributed by atoms with Gasteiger partial charge in [0.05, 0.1) is 5.41 Å². The van der Waals surface area contributed by atoms with Crippen LogP contribution in [0.2, 0.25) is 0 Å². The molecular weight excluding hydrogens is 164 g/mol. The molecule has 1 aliphatic carbocycles. The van der Waals surface area contributed by atoms with Gasteiger partial charge >= 0.3 is 5.97 Å². The number of benzene rings is 1. The lowest BCUT2D eigenvalue weighted by atomic mass is 10.0. The highest BCUT2D eigenvalue weighted by atomic mass is 16.4. The molecule has 0 heterocycles. The number of carboxylic acid groups (broad SMARTS) is 1. The van der Waals surface area contributed by atoms with Crippen LogP contribution in [0.15, 0.2) is 30.3 Å². The Bertz CT molecular complexity index is 331. The normalized spacial score (nSPS) is 31.3. The molecule has 0 aromatic heterocycles. The summed E-state index contributed by atoms with van der Waals surface area (Å²) in [5.41, 5.74) is 0.633. The van der Waals surface area contributed by atoms with E-state index < -0.39 is 11.4 Å². The van der Waals surface area contributed by atoms with Gasteiger partial charge in [-0.15, -0.1) is 0 Å². The molecule has 13 heavy (non-hydrogen) atoms. The third kappa shape index (κ3) is 1.22. The first kappa shape index (κ1) is 8.30. The Balaban J connectivity index is 2.21. The molecule has 0 aliphatic heterocycles. The zero-order chi connectivity index (χ0) is 9.47. The molecule has 0 radical (unpaired) electrons. The van der Waals surface area contributed by atoms with Crippen LogP contribution in [0.3, 0.4) is 0 Å². The highest BCUT2D eigenvalue weighted by Gasteiger charge is 2.56. The summed E-state index contributed by atoms with van der Waals surface area (Å²) >= 11 is 0. The SMILES string of the molecule is C[C@]1(C(=O)O)C[C@H]1c1ccccc1. The average molecular weight is 176 g/mol. The highest BCUT2D eigenvalue weighted by molar-refractivity contribution is 5.79. The Morgan fingerprint density at radius 2 is 2.08 bits per heavy atom. The van der Waals surface area contributed by atoms with Crippen LogP contribution >= 0.6 is 0 Å². The van der Waals surface area contributed by atoms with Gasteiger partial charge in [-0.2, -0.15) is 0 Å². The standard InChI is InChI=1S/C11H12O2/c1-11(10(12)13)7-9(11)8-5-3-2-4-6-8/h2-6,9H,7H2,1H3,(H,12,13)/t9-,11-/m0/s1. The molecule has 2 nitrogen and oxygen atoms in total. The summed E-state index contributed by atoms with van der Waals surface area (Å²) in [7, 11) is 0. The second kappa shape index (κ2) is 2.59. The van der Waals surface area contributed by atoms with Crippen LogP contribution in [-0.2, 0) is 4.79 Å². The fraction of sp³-hybridized carbons (Fsp3) is 0.364. The van der Waals surface area contributed by atoms with E-state index >= 15 is 0 Å². The smallest absolute Gasteiger partial charge is 0.309 e. The van der Waals surface area contributed by atoms with E-state index in [1.165, 1.54) is 0 Å². The fourth-order valence-corrected chi connectivity index (χ4v) is 1.77. The monoisotopic (exact) mass is 176 g/mol. The van der Waals surface area contributed by atoms with Crippen molar-refractivity contribution in [3.05, 3.63) is 35.9 Å². The second-order valence-electron chi connectivity index (χ2n) is 3.89. The lowest BCUT2D eigenvalue weighted by Gasteiger charge is -2.04. The summed E-state index contributed by atoms with van der Waals surface area (Å²) in [6.07, 6.45) is 0.770. The van der Waals surface area contributed by atoms with Crippen molar-refractivity contribution in [1.29, 1.82) is 0 Å². The minimum atomic E-state index is -0.679. The van der Waals surface area contributed by atoms with Crippen LogP contribution < -0.4 is 0 Å². The van der Waals surface area contributed by atoms with Gasteiger partial charge in [0.2, 0.25) is 0 Å². The van der Waals surface area contributed by atoms with Crippen molar-refractivity contribution in [2.24, 2.45) is 5.41 Å². The van der Waals surface area contributed by atoms with Crippen LogP contribution in [0.5, 0.6) is 0 Å². The van der Waals surface area contributed by atoms with E-state index in [4.69, 9.17) is 5.11 Å². The van der Waals surface area contributed by atoms with Crippen LogP contribution in [0.1, 0.15) is 24.8 Å². The molecule has 1 aliphatic rings. The van der Waals surface area contributed by atoms with E-state index in [9.17, 15) is 4.79 Å². The van der Waals surface area contributed by atoms with Crippen LogP contribution in [-0.4, -0.2) is 11.1 Å².